The van der Waals surface area contributed by atoms with Crippen molar-refractivity contribution in [2.45, 2.75) is 33.2 Å². The van der Waals surface area contributed by atoms with Gasteiger partial charge >= 0.3 is 17.9 Å². The zero-order valence-corrected chi connectivity index (χ0v) is 23.0. The van der Waals surface area contributed by atoms with E-state index in [1.54, 1.807) is 56.3 Å². The van der Waals surface area contributed by atoms with Crippen LogP contribution in [-0.2, 0) is 20.7 Å². The molecule has 0 aliphatic rings. The average Bonchev–Trinajstić information content (AvgIpc) is 2.88. The minimum atomic E-state index is -0.921. The molecule has 0 amide bonds. The summed E-state index contributed by atoms with van der Waals surface area (Å²) in [4.78, 5) is 42.3. The van der Waals surface area contributed by atoms with E-state index in [0.29, 0.717) is 15.6 Å². The van der Waals surface area contributed by atoms with E-state index in [0.717, 1.165) is 11.1 Å². The second-order valence-corrected chi connectivity index (χ2v) is 9.76. The van der Waals surface area contributed by atoms with Gasteiger partial charge in [-0.3, -0.25) is 9.79 Å². The van der Waals surface area contributed by atoms with Crippen molar-refractivity contribution in [3.05, 3.63) is 87.4 Å². The maximum atomic E-state index is 12.9. The van der Waals surface area contributed by atoms with Gasteiger partial charge < -0.3 is 19.3 Å². The molecule has 0 heterocycles. The van der Waals surface area contributed by atoms with E-state index in [9.17, 15) is 19.5 Å². The van der Waals surface area contributed by atoms with Gasteiger partial charge in [-0.2, -0.15) is 0 Å². The fraction of sp³-hybridized carbons (Fsp3) is 0.241. The van der Waals surface area contributed by atoms with E-state index in [2.05, 4.69) is 20.9 Å². The standard InChI is InChI=1S/C29H28BrNO7/c1-17(2)27(33)38-26-21(16-31-24(29(35)36-4)13-19-7-11-23(32)12-8-19)14-22(30)15-25(26)37-28(34)20-9-5-18(3)6-10-20/h5-12,14-17,24,32H,13H2,1-4H3. The quantitative estimate of drug-likeness (QED) is 0.203. The lowest BCUT2D eigenvalue weighted by Gasteiger charge is -2.16. The van der Waals surface area contributed by atoms with Gasteiger partial charge in [-0.05, 0) is 48.9 Å². The minimum Gasteiger partial charge on any atom is -0.508 e. The van der Waals surface area contributed by atoms with Crippen LogP contribution in [0, 0.1) is 12.8 Å². The number of phenols is 1. The van der Waals surface area contributed by atoms with E-state index in [4.69, 9.17) is 14.2 Å². The third kappa shape index (κ3) is 7.76. The maximum absolute atomic E-state index is 12.9. The first-order valence-electron chi connectivity index (χ1n) is 11.8. The van der Waals surface area contributed by atoms with Crippen LogP contribution < -0.4 is 9.47 Å². The molecule has 0 saturated heterocycles. The molecule has 0 fully saturated rings. The van der Waals surface area contributed by atoms with Crippen molar-refractivity contribution in [3.8, 4) is 17.2 Å². The Labute approximate surface area is 229 Å². The van der Waals surface area contributed by atoms with Crippen LogP contribution in [0.25, 0.3) is 0 Å². The summed E-state index contributed by atoms with van der Waals surface area (Å²) in [6.07, 6.45) is 1.58. The molecule has 0 bridgehead atoms. The molecule has 3 aromatic rings. The van der Waals surface area contributed by atoms with Crippen LogP contribution in [0.15, 0.2) is 70.1 Å². The highest BCUT2D eigenvalue weighted by molar-refractivity contribution is 9.10. The number of aromatic hydroxyl groups is 1. The summed E-state index contributed by atoms with van der Waals surface area (Å²) < 4.78 is 16.7. The van der Waals surface area contributed by atoms with Crippen molar-refractivity contribution in [2.75, 3.05) is 7.11 Å². The molecule has 198 valence electrons. The smallest absolute Gasteiger partial charge is 0.343 e. The summed E-state index contributed by atoms with van der Waals surface area (Å²) in [5, 5.41) is 9.54. The molecular formula is C29H28BrNO7. The molecule has 1 atom stereocenters. The highest BCUT2D eigenvalue weighted by Gasteiger charge is 2.23. The first-order chi connectivity index (χ1) is 18.1. The molecule has 3 rings (SSSR count). The summed E-state index contributed by atoms with van der Waals surface area (Å²) >= 11 is 3.40. The average molecular weight is 582 g/mol. The van der Waals surface area contributed by atoms with E-state index < -0.39 is 29.9 Å². The first kappa shape index (κ1) is 28.6. The van der Waals surface area contributed by atoms with Gasteiger partial charge in [0, 0.05) is 22.7 Å². The molecule has 0 saturated carbocycles. The number of benzene rings is 3. The van der Waals surface area contributed by atoms with Gasteiger partial charge in [0.1, 0.15) is 5.75 Å². The zero-order chi connectivity index (χ0) is 27.8. The molecule has 0 aliphatic heterocycles. The van der Waals surface area contributed by atoms with E-state index in [-0.39, 0.29) is 23.7 Å². The third-order valence-electron chi connectivity index (χ3n) is 5.44. The van der Waals surface area contributed by atoms with Crippen LogP contribution in [0.3, 0.4) is 0 Å². The van der Waals surface area contributed by atoms with Crippen molar-refractivity contribution in [2.24, 2.45) is 10.9 Å². The number of phenolic OH excluding ortho intramolecular Hbond substituents is 1. The second kappa shape index (κ2) is 13.0. The molecule has 9 heteroatoms. The monoisotopic (exact) mass is 581 g/mol. The van der Waals surface area contributed by atoms with Crippen molar-refractivity contribution < 1.29 is 33.7 Å². The Bertz CT molecular complexity index is 1330. The highest BCUT2D eigenvalue weighted by atomic mass is 79.9. The molecule has 8 nitrogen and oxygen atoms in total. The van der Waals surface area contributed by atoms with E-state index in [1.165, 1.54) is 31.5 Å². The van der Waals surface area contributed by atoms with Gasteiger partial charge in [-0.25, -0.2) is 9.59 Å². The number of ether oxygens (including phenoxy) is 3. The normalized spacial score (nSPS) is 11.8. The van der Waals surface area contributed by atoms with Crippen molar-refractivity contribution >= 4 is 40.1 Å². The zero-order valence-electron chi connectivity index (χ0n) is 21.4. The first-order valence-corrected chi connectivity index (χ1v) is 12.6. The highest BCUT2D eigenvalue weighted by Crippen LogP contribution is 2.35. The number of nitrogens with zero attached hydrogens (tertiary/aromatic N) is 1. The molecule has 0 aromatic heterocycles. The Morgan fingerprint density at radius 2 is 1.63 bits per heavy atom. The fourth-order valence-corrected chi connectivity index (χ4v) is 3.75. The van der Waals surface area contributed by atoms with Gasteiger partial charge in [0.15, 0.2) is 17.5 Å². The van der Waals surface area contributed by atoms with Crippen LogP contribution in [0.1, 0.15) is 40.9 Å². The summed E-state index contributed by atoms with van der Waals surface area (Å²) in [6.45, 7) is 5.26. The third-order valence-corrected chi connectivity index (χ3v) is 5.90. The Balaban J connectivity index is 2.00. The van der Waals surface area contributed by atoms with E-state index >= 15 is 0 Å². The summed E-state index contributed by atoms with van der Waals surface area (Å²) in [5.41, 5.74) is 2.37. The molecule has 1 unspecified atom stereocenters. The Kier molecular flexibility index (Phi) is 9.78. The lowest BCUT2D eigenvalue weighted by Crippen LogP contribution is -2.23. The predicted molar refractivity (Wildman–Crippen MR) is 146 cm³/mol. The molecule has 38 heavy (non-hydrogen) atoms. The maximum Gasteiger partial charge on any atom is 0.343 e. The molecular weight excluding hydrogens is 554 g/mol. The number of hydrogen-bond acceptors (Lipinski definition) is 8. The van der Waals surface area contributed by atoms with Gasteiger partial charge in [0.25, 0.3) is 0 Å². The summed E-state index contributed by atoms with van der Waals surface area (Å²) in [5.74, 6) is -2.10. The number of aryl methyl sites for hydroxylation is 1. The number of halogens is 1. The number of rotatable bonds is 9. The Morgan fingerprint density at radius 1 is 0.974 bits per heavy atom. The predicted octanol–water partition coefficient (Wildman–Crippen LogP) is 5.45. The number of carbonyl (C=O) groups is 3. The van der Waals surface area contributed by atoms with Gasteiger partial charge in [-0.15, -0.1) is 0 Å². The Morgan fingerprint density at radius 3 is 2.24 bits per heavy atom. The van der Waals surface area contributed by atoms with Gasteiger partial charge in [-0.1, -0.05) is 59.6 Å². The lowest BCUT2D eigenvalue weighted by atomic mass is 10.1. The lowest BCUT2D eigenvalue weighted by molar-refractivity contribution is -0.142. The molecule has 1 N–H and O–H groups in total. The number of carbonyl (C=O) groups excluding carboxylic acids is 3. The number of hydrogen-bond donors (Lipinski definition) is 1. The van der Waals surface area contributed by atoms with Gasteiger partial charge in [0.05, 0.1) is 18.6 Å². The van der Waals surface area contributed by atoms with Crippen LogP contribution >= 0.6 is 15.9 Å². The van der Waals surface area contributed by atoms with Crippen molar-refractivity contribution in [1.29, 1.82) is 0 Å². The Hall–Kier alpha value is -3.98. The topological polar surface area (TPSA) is 111 Å². The molecule has 0 aliphatic carbocycles. The van der Waals surface area contributed by atoms with Crippen LogP contribution in [0.4, 0.5) is 0 Å². The van der Waals surface area contributed by atoms with Crippen LogP contribution in [-0.4, -0.2) is 42.4 Å². The second-order valence-electron chi connectivity index (χ2n) is 8.84. The fourth-order valence-electron chi connectivity index (χ4n) is 3.30. The van der Waals surface area contributed by atoms with Crippen LogP contribution in [0.5, 0.6) is 17.2 Å². The largest absolute Gasteiger partial charge is 0.508 e. The summed E-state index contributed by atoms with van der Waals surface area (Å²) in [6, 6.07) is 15.5. The minimum absolute atomic E-state index is 0.00792. The number of methoxy groups -OCH3 is 1. The molecule has 3 aromatic carbocycles. The number of esters is 3. The number of aliphatic imine (C=N–C) groups is 1. The van der Waals surface area contributed by atoms with E-state index in [1.807, 2.05) is 6.92 Å². The summed E-state index contributed by atoms with van der Waals surface area (Å²) in [7, 11) is 1.26. The van der Waals surface area contributed by atoms with Crippen molar-refractivity contribution in [3.63, 3.8) is 0 Å². The van der Waals surface area contributed by atoms with Gasteiger partial charge in [0.2, 0.25) is 0 Å². The molecule has 0 spiro atoms. The van der Waals surface area contributed by atoms with Crippen LogP contribution in [0.2, 0.25) is 0 Å². The molecule has 0 radical (unpaired) electrons. The van der Waals surface area contributed by atoms with Crippen molar-refractivity contribution in [1.82, 2.24) is 0 Å². The SMILES string of the molecule is COC(=O)C(Cc1ccc(O)cc1)N=Cc1cc(Br)cc(OC(=O)c2ccc(C)cc2)c1OC(=O)C(C)C.